The third-order valence-electron chi connectivity index (χ3n) is 4.94. The Bertz CT molecular complexity index is 1050. The molecule has 4 rings (SSSR count). The van der Waals surface area contributed by atoms with Crippen LogP contribution in [-0.2, 0) is 11.4 Å². The number of hydrogen-bond donors (Lipinski definition) is 0. The summed E-state index contributed by atoms with van der Waals surface area (Å²) in [7, 11) is 0. The van der Waals surface area contributed by atoms with E-state index in [4.69, 9.17) is 4.84 Å². The average molecular weight is 406 g/mol. The molecule has 0 radical (unpaired) electrons. The first kappa shape index (κ1) is 19.8. The molecule has 4 nitrogen and oxygen atoms in total. The van der Waals surface area contributed by atoms with Crippen LogP contribution in [0.25, 0.3) is 0 Å². The summed E-state index contributed by atoms with van der Waals surface area (Å²) in [6.07, 6.45) is 0.103. The molecule has 6 heteroatoms. The van der Waals surface area contributed by atoms with Crippen molar-refractivity contribution < 1.29 is 18.4 Å². The van der Waals surface area contributed by atoms with Gasteiger partial charge in [-0.25, -0.2) is 8.78 Å². The number of benzene rings is 3. The number of rotatable bonds is 6. The fraction of sp³-hybridized carbons (Fsp3) is 0.167. The van der Waals surface area contributed by atoms with Gasteiger partial charge < -0.3 is 9.74 Å². The molecule has 3 aromatic rings. The summed E-state index contributed by atoms with van der Waals surface area (Å²) >= 11 is 0. The minimum atomic E-state index is -0.559. The summed E-state index contributed by atoms with van der Waals surface area (Å²) in [4.78, 5) is 20.2. The van der Waals surface area contributed by atoms with E-state index in [9.17, 15) is 13.6 Å². The van der Waals surface area contributed by atoms with Gasteiger partial charge in [-0.3, -0.25) is 4.79 Å². The number of halogens is 2. The van der Waals surface area contributed by atoms with E-state index >= 15 is 0 Å². The van der Waals surface area contributed by atoms with Gasteiger partial charge in [-0.1, -0.05) is 59.8 Å². The van der Waals surface area contributed by atoms with E-state index in [0.717, 1.165) is 11.1 Å². The van der Waals surface area contributed by atoms with Gasteiger partial charge in [-0.05, 0) is 35.4 Å². The second kappa shape index (κ2) is 8.86. The van der Waals surface area contributed by atoms with Gasteiger partial charge in [0.1, 0.15) is 11.6 Å². The van der Waals surface area contributed by atoms with Gasteiger partial charge in [-0.2, -0.15) is 0 Å². The number of nitrogens with zero attached hydrogens (tertiary/aromatic N) is 2. The quantitative estimate of drug-likeness (QED) is 0.590. The summed E-state index contributed by atoms with van der Waals surface area (Å²) in [5.41, 5.74) is 2.41. The summed E-state index contributed by atoms with van der Waals surface area (Å²) < 4.78 is 27.4. The molecule has 30 heavy (non-hydrogen) atoms. The van der Waals surface area contributed by atoms with Gasteiger partial charge >= 0.3 is 0 Å². The van der Waals surface area contributed by atoms with Gasteiger partial charge in [-0.15, -0.1) is 0 Å². The second-order valence-electron chi connectivity index (χ2n) is 7.13. The third kappa shape index (κ3) is 4.54. The average Bonchev–Trinajstić information content (AvgIpc) is 3.23. The molecule has 0 N–H and O–H groups in total. The van der Waals surface area contributed by atoms with Crippen molar-refractivity contribution in [1.29, 1.82) is 0 Å². The lowest BCUT2D eigenvalue weighted by Gasteiger charge is -2.25. The van der Waals surface area contributed by atoms with Crippen LogP contribution in [0, 0.1) is 11.6 Å². The molecule has 0 fully saturated rings. The molecule has 0 spiro atoms. The molecule has 0 aliphatic carbocycles. The maximum Gasteiger partial charge on any atom is 0.257 e. The third-order valence-corrected chi connectivity index (χ3v) is 4.94. The molecule has 1 heterocycles. The van der Waals surface area contributed by atoms with Crippen LogP contribution in [0.3, 0.4) is 0 Å². The molecule has 152 valence electrons. The lowest BCUT2D eigenvalue weighted by Crippen LogP contribution is -2.37. The van der Waals surface area contributed by atoms with E-state index in [1.165, 1.54) is 24.3 Å². The zero-order valence-electron chi connectivity index (χ0n) is 16.2. The van der Waals surface area contributed by atoms with Crippen LogP contribution >= 0.6 is 0 Å². The maximum atomic E-state index is 14.2. The van der Waals surface area contributed by atoms with E-state index in [0.29, 0.717) is 18.7 Å². The molecule has 1 aliphatic heterocycles. The van der Waals surface area contributed by atoms with Crippen LogP contribution in [0.4, 0.5) is 8.78 Å². The second-order valence-corrected chi connectivity index (χ2v) is 7.13. The first-order chi connectivity index (χ1) is 14.6. The predicted octanol–water partition coefficient (Wildman–Crippen LogP) is 4.80. The van der Waals surface area contributed by atoms with Gasteiger partial charge in [0.25, 0.3) is 5.91 Å². The molecule has 1 amide bonds. The smallest absolute Gasteiger partial charge is 0.257 e. The van der Waals surface area contributed by atoms with E-state index in [1.807, 2.05) is 30.3 Å². The standard InChI is InChI=1S/C24H20F2N2O2/c25-19-12-10-18(11-13-19)23-14-20(30-27-23)16-28(15-17-6-2-1-3-7-17)24(29)21-8-4-5-9-22(21)26/h1-13,20H,14-16H2/t20-/m1/s1. The molecule has 0 bridgehead atoms. The van der Waals surface area contributed by atoms with Crippen molar-refractivity contribution >= 4 is 11.6 Å². The Labute approximate surface area is 173 Å². The van der Waals surface area contributed by atoms with E-state index < -0.39 is 11.7 Å². The number of carbonyl (C=O) groups excluding carboxylic acids is 1. The van der Waals surface area contributed by atoms with Crippen molar-refractivity contribution in [3.8, 4) is 0 Å². The van der Waals surface area contributed by atoms with Crippen LogP contribution in [0.2, 0.25) is 0 Å². The van der Waals surface area contributed by atoms with Crippen molar-refractivity contribution in [2.75, 3.05) is 6.54 Å². The molecular weight excluding hydrogens is 386 g/mol. The molecule has 0 saturated carbocycles. The summed E-state index contributed by atoms with van der Waals surface area (Å²) in [5, 5.41) is 4.11. The molecule has 0 aromatic heterocycles. The van der Waals surface area contributed by atoms with Crippen molar-refractivity contribution in [2.45, 2.75) is 19.1 Å². The molecular formula is C24H20F2N2O2. The Morgan fingerprint density at radius 3 is 2.40 bits per heavy atom. The van der Waals surface area contributed by atoms with Crippen LogP contribution in [0.1, 0.15) is 27.9 Å². The molecule has 3 aromatic carbocycles. The Hall–Kier alpha value is -3.54. The van der Waals surface area contributed by atoms with E-state index in [2.05, 4.69) is 5.16 Å². The molecule has 1 aliphatic rings. The lowest BCUT2D eigenvalue weighted by atomic mass is 10.0. The number of oxime groups is 1. The van der Waals surface area contributed by atoms with Crippen molar-refractivity contribution in [3.05, 3.63) is 107 Å². The van der Waals surface area contributed by atoms with Crippen molar-refractivity contribution in [3.63, 3.8) is 0 Å². The number of carbonyl (C=O) groups is 1. The Kier molecular flexibility index (Phi) is 5.84. The fourth-order valence-corrected chi connectivity index (χ4v) is 3.41. The molecule has 0 saturated heterocycles. The highest BCUT2D eigenvalue weighted by atomic mass is 19.1. The Morgan fingerprint density at radius 1 is 0.967 bits per heavy atom. The topological polar surface area (TPSA) is 41.9 Å². The highest BCUT2D eigenvalue weighted by Crippen LogP contribution is 2.21. The van der Waals surface area contributed by atoms with Gasteiger partial charge in [0.15, 0.2) is 6.10 Å². The first-order valence-electron chi connectivity index (χ1n) is 9.66. The zero-order valence-corrected chi connectivity index (χ0v) is 16.2. The minimum absolute atomic E-state index is 0.0195. The van der Waals surface area contributed by atoms with Crippen LogP contribution in [0.5, 0.6) is 0 Å². The SMILES string of the molecule is O=C(c1ccccc1F)N(Cc1ccccc1)C[C@H]1CC(c2ccc(F)cc2)=NO1. The zero-order chi connectivity index (χ0) is 20.9. The van der Waals surface area contributed by atoms with Crippen LogP contribution < -0.4 is 0 Å². The number of amides is 1. The summed E-state index contributed by atoms with van der Waals surface area (Å²) in [5.74, 6) is -1.29. The minimum Gasteiger partial charge on any atom is -0.390 e. The van der Waals surface area contributed by atoms with Crippen LogP contribution in [-0.4, -0.2) is 29.2 Å². The van der Waals surface area contributed by atoms with Crippen LogP contribution in [0.15, 0.2) is 84.0 Å². The Morgan fingerprint density at radius 2 is 1.67 bits per heavy atom. The van der Waals surface area contributed by atoms with Gasteiger partial charge in [0.2, 0.25) is 0 Å². The van der Waals surface area contributed by atoms with Crippen molar-refractivity contribution in [1.82, 2.24) is 4.90 Å². The van der Waals surface area contributed by atoms with Gasteiger partial charge in [0, 0.05) is 13.0 Å². The monoisotopic (exact) mass is 406 g/mol. The van der Waals surface area contributed by atoms with Crippen molar-refractivity contribution in [2.24, 2.45) is 5.16 Å². The Balaban J connectivity index is 1.51. The number of hydrogen-bond acceptors (Lipinski definition) is 3. The normalized spacial score (nSPS) is 15.4. The highest BCUT2D eigenvalue weighted by molar-refractivity contribution is 6.01. The molecule has 0 unspecified atom stereocenters. The lowest BCUT2D eigenvalue weighted by molar-refractivity contribution is 0.0402. The predicted molar refractivity (Wildman–Crippen MR) is 110 cm³/mol. The van der Waals surface area contributed by atoms with Gasteiger partial charge in [0.05, 0.1) is 17.8 Å². The van der Waals surface area contributed by atoms with E-state index in [-0.39, 0.29) is 24.0 Å². The molecule has 1 atom stereocenters. The van der Waals surface area contributed by atoms with E-state index in [1.54, 1.807) is 29.2 Å². The highest BCUT2D eigenvalue weighted by Gasteiger charge is 2.28. The maximum absolute atomic E-state index is 14.2. The summed E-state index contributed by atoms with van der Waals surface area (Å²) in [6.45, 7) is 0.565. The fourth-order valence-electron chi connectivity index (χ4n) is 3.41. The summed E-state index contributed by atoms with van der Waals surface area (Å²) in [6, 6.07) is 21.5. The largest absolute Gasteiger partial charge is 0.390 e. The first-order valence-corrected chi connectivity index (χ1v) is 9.66.